The summed E-state index contributed by atoms with van der Waals surface area (Å²) in [6.07, 6.45) is 1.22. The van der Waals surface area contributed by atoms with Gasteiger partial charge in [0.25, 0.3) is 0 Å². The lowest BCUT2D eigenvalue weighted by Gasteiger charge is -2.22. The first kappa shape index (κ1) is 8.05. The smallest absolute Gasteiger partial charge is 0.186 e. The van der Waals surface area contributed by atoms with E-state index in [1.54, 1.807) is 0 Å². The van der Waals surface area contributed by atoms with E-state index in [0.717, 1.165) is 18.9 Å². The average Bonchev–Trinajstić information content (AvgIpc) is 2.46. The van der Waals surface area contributed by atoms with Gasteiger partial charge in [0.15, 0.2) is 5.90 Å². The zero-order valence-corrected chi connectivity index (χ0v) is 7.62. The zero-order valence-electron chi connectivity index (χ0n) is 7.62. The van der Waals surface area contributed by atoms with E-state index in [2.05, 4.69) is 18.8 Å². The summed E-state index contributed by atoms with van der Waals surface area (Å²) in [6, 6.07) is 0.371. The maximum absolute atomic E-state index is 5.65. The molecule has 0 amide bonds. The molecule has 2 aliphatic heterocycles. The van der Waals surface area contributed by atoms with Crippen LogP contribution in [0.4, 0.5) is 0 Å². The van der Waals surface area contributed by atoms with Gasteiger partial charge in [-0.1, -0.05) is 13.8 Å². The Balaban J connectivity index is 2.04. The van der Waals surface area contributed by atoms with E-state index >= 15 is 0 Å². The van der Waals surface area contributed by atoms with Gasteiger partial charge in [-0.2, -0.15) is 0 Å². The van der Waals surface area contributed by atoms with Crippen molar-refractivity contribution in [3.63, 3.8) is 0 Å². The van der Waals surface area contributed by atoms with Gasteiger partial charge in [-0.15, -0.1) is 0 Å². The molecule has 1 saturated heterocycles. The average molecular weight is 169 g/mol. The molecule has 2 rings (SSSR count). The molecule has 0 aliphatic carbocycles. The van der Waals surface area contributed by atoms with Crippen molar-refractivity contribution in [1.82, 2.24) is 0 Å². The van der Waals surface area contributed by atoms with Gasteiger partial charge in [0.05, 0.1) is 12.6 Å². The number of aliphatic imine (C=N–C) groups is 1. The minimum atomic E-state index is 0.205. The molecule has 0 spiro atoms. The van der Waals surface area contributed by atoms with Crippen molar-refractivity contribution in [2.45, 2.75) is 32.4 Å². The van der Waals surface area contributed by atoms with E-state index < -0.39 is 0 Å². The lowest BCUT2D eigenvalue weighted by Crippen LogP contribution is -2.34. The first-order valence-corrected chi connectivity index (χ1v) is 4.59. The third-order valence-electron chi connectivity index (χ3n) is 2.33. The SMILES string of the molecule is CC(C)C1=NC2CCOCC2O1. The summed E-state index contributed by atoms with van der Waals surface area (Å²) < 4.78 is 11.0. The van der Waals surface area contributed by atoms with Crippen LogP contribution in [0, 0.1) is 5.92 Å². The van der Waals surface area contributed by atoms with Crippen LogP contribution < -0.4 is 0 Å². The molecule has 0 aromatic rings. The van der Waals surface area contributed by atoms with Gasteiger partial charge < -0.3 is 9.47 Å². The molecule has 0 N–H and O–H groups in total. The maximum Gasteiger partial charge on any atom is 0.186 e. The lowest BCUT2D eigenvalue weighted by molar-refractivity contribution is 0.00208. The third-order valence-corrected chi connectivity index (χ3v) is 2.33. The Hall–Kier alpha value is -0.570. The molecule has 2 atom stereocenters. The number of ether oxygens (including phenoxy) is 2. The van der Waals surface area contributed by atoms with E-state index in [1.807, 2.05) is 0 Å². The Labute approximate surface area is 72.8 Å². The zero-order chi connectivity index (χ0) is 8.55. The lowest BCUT2D eigenvalue weighted by atomic mass is 10.1. The van der Waals surface area contributed by atoms with Crippen LogP contribution in [0.1, 0.15) is 20.3 Å². The molecule has 0 aromatic carbocycles. The molecule has 0 radical (unpaired) electrons. The number of fused-ring (bicyclic) bond motifs is 1. The van der Waals surface area contributed by atoms with Gasteiger partial charge in [0, 0.05) is 12.5 Å². The molecule has 0 saturated carbocycles. The Morgan fingerprint density at radius 1 is 1.50 bits per heavy atom. The molecule has 0 bridgehead atoms. The van der Waals surface area contributed by atoms with Gasteiger partial charge in [-0.05, 0) is 6.42 Å². The van der Waals surface area contributed by atoms with E-state index in [4.69, 9.17) is 9.47 Å². The van der Waals surface area contributed by atoms with Crippen LogP contribution in [0.25, 0.3) is 0 Å². The van der Waals surface area contributed by atoms with Crippen molar-refractivity contribution in [3.8, 4) is 0 Å². The van der Waals surface area contributed by atoms with Crippen molar-refractivity contribution >= 4 is 5.90 Å². The fourth-order valence-corrected chi connectivity index (χ4v) is 1.59. The Morgan fingerprint density at radius 2 is 2.33 bits per heavy atom. The molecule has 2 aliphatic rings. The van der Waals surface area contributed by atoms with E-state index in [-0.39, 0.29) is 6.10 Å². The van der Waals surface area contributed by atoms with Crippen LogP contribution in [0.3, 0.4) is 0 Å². The second kappa shape index (κ2) is 3.05. The minimum absolute atomic E-state index is 0.205. The van der Waals surface area contributed by atoms with Crippen LogP contribution in [0.5, 0.6) is 0 Å². The Bertz CT molecular complexity index is 201. The highest BCUT2D eigenvalue weighted by atomic mass is 16.5. The first-order valence-electron chi connectivity index (χ1n) is 4.59. The molecule has 2 heterocycles. The second-order valence-electron chi connectivity index (χ2n) is 3.71. The molecule has 0 aromatic heterocycles. The molecule has 2 unspecified atom stereocenters. The topological polar surface area (TPSA) is 30.8 Å². The quantitative estimate of drug-likeness (QED) is 0.591. The largest absolute Gasteiger partial charge is 0.473 e. The van der Waals surface area contributed by atoms with Gasteiger partial charge in [0.2, 0.25) is 0 Å². The normalized spacial score (nSPS) is 34.4. The van der Waals surface area contributed by atoms with E-state index in [0.29, 0.717) is 18.6 Å². The van der Waals surface area contributed by atoms with Crippen molar-refractivity contribution in [2.24, 2.45) is 10.9 Å². The van der Waals surface area contributed by atoms with Crippen LogP contribution in [0.2, 0.25) is 0 Å². The summed E-state index contributed by atoms with van der Waals surface area (Å²) in [5.41, 5.74) is 0. The van der Waals surface area contributed by atoms with Crippen molar-refractivity contribution < 1.29 is 9.47 Å². The second-order valence-corrected chi connectivity index (χ2v) is 3.71. The molecule has 1 fully saturated rings. The molecule has 3 nitrogen and oxygen atoms in total. The highest BCUT2D eigenvalue weighted by molar-refractivity contribution is 5.80. The summed E-state index contributed by atoms with van der Waals surface area (Å²) in [6.45, 7) is 5.76. The van der Waals surface area contributed by atoms with Crippen molar-refractivity contribution in [1.29, 1.82) is 0 Å². The Kier molecular flexibility index (Phi) is 2.05. The fourth-order valence-electron chi connectivity index (χ4n) is 1.59. The van der Waals surface area contributed by atoms with Crippen LogP contribution >= 0.6 is 0 Å². The standard InChI is InChI=1S/C9H15NO2/c1-6(2)9-10-7-3-4-11-5-8(7)12-9/h6-8H,3-5H2,1-2H3. The summed E-state index contributed by atoms with van der Waals surface area (Å²) in [5.74, 6) is 1.33. The van der Waals surface area contributed by atoms with Crippen molar-refractivity contribution in [3.05, 3.63) is 0 Å². The summed E-state index contributed by atoms with van der Waals surface area (Å²) in [4.78, 5) is 4.52. The summed E-state index contributed by atoms with van der Waals surface area (Å²) >= 11 is 0. The summed E-state index contributed by atoms with van der Waals surface area (Å²) in [7, 11) is 0. The molecular weight excluding hydrogens is 154 g/mol. The highest BCUT2D eigenvalue weighted by Gasteiger charge is 2.34. The molecule has 3 heteroatoms. The molecular formula is C9H15NO2. The Morgan fingerprint density at radius 3 is 3.00 bits per heavy atom. The number of hydrogen-bond acceptors (Lipinski definition) is 3. The molecule has 12 heavy (non-hydrogen) atoms. The predicted molar refractivity (Wildman–Crippen MR) is 46.4 cm³/mol. The predicted octanol–water partition coefficient (Wildman–Crippen LogP) is 1.23. The maximum atomic E-state index is 5.65. The van der Waals surface area contributed by atoms with Crippen LogP contribution in [-0.2, 0) is 9.47 Å². The monoisotopic (exact) mass is 169 g/mol. The van der Waals surface area contributed by atoms with Gasteiger partial charge in [0.1, 0.15) is 6.10 Å². The highest BCUT2D eigenvalue weighted by Crippen LogP contribution is 2.23. The fraction of sp³-hybridized carbons (Fsp3) is 0.889. The van der Waals surface area contributed by atoms with E-state index in [9.17, 15) is 0 Å². The number of nitrogens with zero attached hydrogens (tertiary/aromatic N) is 1. The first-order chi connectivity index (χ1) is 5.77. The van der Waals surface area contributed by atoms with Gasteiger partial charge in [-0.25, -0.2) is 4.99 Å². The minimum Gasteiger partial charge on any atom is -0.473 e. The van der Waals surface area contributed by atoms with E-state index in [1.165, 1.54) is 0 Å². The molecule has 68 valence electrons. The summed E-state index contributed by atoms with van der Waals surface area (Å²) in [5, 5.41) is 0. The third kappa shape index (κ3) is 1.33. The number of hydrogen-bond donors (Lipinski definition) is 0. The van der Waals surface area contributed by atoms with Gasteiger partial charge in [-0.3, -0.25) is 0 Å². The number of rotatable bonds is 1. The van der Waals surface area contributed by atoms with Crippen LogP contribution in [0.15, 0.2) is 4.99 Å². The van der Waals surface area contributed by atoms with Crippen LogP contribution in [-0.4, -0.2) is 31.3 Å². The van der Waals surface area contributed by atoms with Gasteiger partial charge >= 0.3 is 0 Å². The van der Waals surface area contributed by atoms with Crippen molar-refractivity contribution in [2.75, 3.05) is 13.2 Å².